The summed E-state index contributed by atoms with van der Waals surface area (Å²) in [6.07, 6.45) is 0. The van der Waals surface area contributed by atoms with Gasteiger partial charge < -0.3 is 9.64 Å². The van der Waals surface area contributed by atoms with Crippen molar-refractivity contribution in [1.29, 1.82) is 10.5 Å². The van der Waals surface area contributed by atoms with E-state index in [4.69, 9.17) is 4.74 Å². The third kappa shape index (κ3) is 3.04. The molecule has 2 aromatic rings. The number of amides is 1. The fourth-order valence-corrected chi connectivity index (χ4v) is 3.72. The third-order valence-electron chi connectivity index (χ3n) is 4.73. The van der Waals surface area contributed by atoms with Gasteiger partial charge in [-0.1, -0.05) is 46.3 Å². The molecule has 140 valence electrons. The lowest BCUT2D eigenvalue weighted by atomic mass is 9.79. The zero-order valence-electron chi connectivity index (χ0n) is 15.1. The van der Waals surface area contributed by atoms with E-state index in [1.807, 2.05) is 30.3 Å². The van der Waals surface area contributed by atoms with Gasteiger partial charge in [0, 0.05) is 22.1 Å². The van der Waals surface area contributed by atoms with E-state index in [0.717, 1.165) is 10.0 Å². The summed E-state index contributed by atoms with van der Waals surface area (Å²) < 4.78 is 5.92. The number of hydrogen-bond acceptors (Lipinski definition) is 5. The molecular formula is C21H16BrN3O3. The lowest BCUT2D eigenvalue weighted by molar-refractivity contribution is -0.149. The zero-order valence-corrected chi connectivity index (χ0v) is 16.6. The lowest BCUT2D eigenvalue weighted by Crippen LogP contribution is -2.50. The minimum Gasteiger partial charge on any atom is -0.465 e. The number of rotatable bonds is 5. The van der Waals surface area contributed by atoms with Crippen molar-refractivity contribution in [3.05, 3.63) is 69.7 Å². The van der Waals surface area contributed by atoms with Crippen molar-refractivity contribution in [3.63, 3.8) is 0 Å². The largest absolute Gasteiger partial charge is 0.465 e. The maximum atomic E-state index is 13.1. The average Bonchev–Trinajstić information content (AvgIpc) is 2.94. The van der Waals surface area contributed by atoms with Crippen LogP contribution in [0.4, 0.5) is 0 Å². The summed E-state index contributed by atoms with van der Waals surface area (Å²) in [5, 5.41) is 19.9. The molecule has 0 aromatic heterocycles. The number of ether oxygens (including phenoxy) is 1. The molecule has 1 aliphatic rings. The maximum absolute atomic E-state index is 13.1. The second-order valence-corrected chi connectivity index (χ2v) is 7.17. The molecule has 2 aromatic carbocycles. The molecule has 0 N–H and O–H groups in total. The molecule has 1 heterocycles. The Hall–Kier alpha value is -3.16. The van der Waals surface area contributed by atoms with Gasteiger partial charge in [-0.2, -0.15) is 10.5 Å². The van der Waals surface area contributed by atoms with Crippen molar-refractivity contribution in [2.24, 2.45) is 5.92 Å². The molecule has 0 saturated carbocycles. The van der Waals surface area contributed by atoms with Crippen LogP contribution in [-0.2, 0) is 21.6 Å². The van der Waals surface area contributed by atoms with Crippen LogP contribution >= 0.6 is 15.9 Å². The molecule has 1 amide bonds. The number of halogens is 1. The van der Waals surface area contributed by atoms with Crippen molar-refractivity contribution in [2.45, 2.75) is 19.0 Å². The molecule has 2 atom stereocenters. The van der Waals surface area contributed by atoms with Gasteiger partial charge in [0.25, 0.3) is 5.91 Å². The van der Waals surface area contributed by atoms with Crippen molar-refractivity contribution in [1.82, 2.24) is 4.90 Å². The quantitative estimate of drug-likeness (QED) is 0.666. The molecule has 7 heteroatoms. The Balaban J connectivity index is 2.17. The summed E-state index contributed by atoms with van der Waals surface area (Å²) in [7, 11) is 0. The number of benzene rings is 2. The second kappa shape index (κ2) is 7.84. The molecule has 0 bridgehead atoms. The van der Waals surface area contributed by atoms with Gasteiger partial charge in [0.2, 0.25) is 0 Å². The summed E-state index contributed by atoms with van der Waals surface area (Å²) in [4.78, 5) is 27.0. The minimum atomic E-state index is -1.76. The smallest absolute Gasteiger partial charge is 0.327 e. The molecule has 1 aliphatic heterocycles. The molecule has 0 radical (unpaired) electrons. The van der Waals surface area contributed by atoms with E-state index in [-0.39, 0.29) is 13.2 Å². The average molecular weight is 438 g/mol. The number of fused-ring (bicyclic) bond motifs is 1. The van der Waals surface area contributed by atoms with E-state index in [2.05, 4.69) is 22.0 Å². The van der Waals surface area contributed by atoms with Crippen LogP contribution in [0.2, 0.25) is 0 Å². The Morgan fingerprint density at radius 3 is 2.50 bits per heavy atom. The second-order valence-electron chi connectivity index (χ2n) is 6.26. The first-order valence-electron chi connectivity index (χ1n) is 8.63. The predicted octanol–water partition coefficient (Wildman–Crippen LogP) is 3.53. The normalized spacial score (nSPS) is 18.7. The highest BCUT2D eigenvalue weighted by Gasteiger charge is 2.58. The Kier molecular flexibility index (Phi) is 5.48. The van der Waals surface area contributed by atoms with E-state index < -0.39 is 23.3 Å². The fraction of sp³-hybridized carbons (Fsp3) is 0.238. The summed E-state index contributed by atoms with van der Waals surface area (Å²) in [5.74, 6) is -2.69. The van der Waals surface area contributed by atoms with Gasteiger partial charge in [-0.3, -0.25) is 9.59 Å². The van der Waals surface area contributed by atoms with Crippen molar-refractivity contribution in [2.75, 3.05) is 6.61 Å². The first-order chi connectivity index (χ1) is 13.5. The van der Waals surface area contributed by atoms with Gasteiger partial charge in [0.1, 0.15) is 0 Å². The van der Waals surface area contributed by atoms with Crippen LogP contribution in [0, 0.1) is 28.6 Å². The molecule has 0 fully saturated rings. The Bertz CT molecular complexity index is 1010. The van der Waals surface area contributed by atoms with Crippen molar-refractivity contribution in [3.8, 4) is 12.1 Å². The highest BCUT2D eigenvalue weighted by molar-refractivity contribution is 9.10. The Morgan fingerprint density at radius 1 is 1.21 bits per heavy atom. The van der Waals surface area contributed by atoms with Crippen LogP contribution in [-0.4, -0.2) is 23.4 Å². The van der Waals surface area contributed by atoms with E-state index in [9.17, 15) is 20.1 Å². The number of esters is 1. The summed E-state index contributed by atoms with van der Waals surface area (Å²) >= 11 is 3.36. The Labute approximate surface area is 171 Å². The van der Waals surface area contributed by atoms with E-state index in [1.165, 1.54) is 4.90 Å². The van der Waals surface area contributed by atoms with Gasteiger partial charge >= 0.3 is 5.97 Å². The van der Waals surface area contributed by atoms with Crippen LogP contribution < -0.4 is 0 Å². The van der Waals surface area contributed by atoms with Crippen LogP contribution in [0.1, 0.15) is 28.4 Å². The molecule has 0 aliphatic carbocycles. The monoisotopic (exact) mass is 437 g/mol. The van der Waals surface area contributed by atoms with Gasteiger partial charge in [-0.15, -0.1) is 0 Å². The predicted molar refractivity (Wildman–Crippen MR) is 103 cm³/mol. The van der Waals surface area contributed by atoms with Crippen LogP contribution in [0.3, 0.4) is 0 Å². The molecule has 0 spiro atoms. The first-order valence-corrected chi connectivity index (χ1v) is 9.42. The number of nitriles is 2. The maximum Gasteiger partial charge on any atom is 0.327 e. The lowest BCUT2D eigenvalue weighted by Gasteiger charge is -2.35. The molecule has 6 nitrogen and oxygen atoms in total. The first kappa shape index (κ1) is 19.6. The molecule has 3 rings (SSSR count). The molecule has 0 saturated heterocycles. The van der Waals surface area contributed by atoms with Gasteiger partial charge in [-0.05, 0) is 30.7 Å². The SMILES string of the molecule is CCOC(=O)C(C#N)C1(C#N)c2ccccc2C(=O)N1Cc1ccc(Br)cc1. The van der Waals surface area contributed by atoms with Gasteiger partial charge in [-0.25, -0.2) is 0 Å². The molecule has 2 unspecified atom stereocenters. The topological polar surface area (TPSA) is 94.2 Å². The van der Waals surface area contributed by atoms with Crippen molar-refractivity contribution < 1.29 is 14.3 Å². The fourth-order valence-electron chi connectivity index (χ4n) is 3.46. The van der Waals surface area contributed by atoms with E-state index >= 15 is 0 Å². The number of carbonyl (C=O) groups is 2. The number of carbonyl (C=O) groups excluding carboxylic acids is 2. The van der Waals surface area contributed by atoms with Gasteiger partial charge in [0.05, 0.1) is 18.7 Å². The van der Waals surface area contributed by atoms with Crippen LogP contribution in [0.5, 0.6) is 0 Å². The highest BCUT2D eigenvalue weighted by atomic mass is 79.9. The number of nitrogens with zero attached hydrogens (tertiary/aromatic N) is 3. The van der Waals surface area contributed by atoms with Crippen molar-refractivity contribution >= 4 is 27.8 Å². The van der Waals surface area contributed by atoms with Gasteiger partial charge in [0.15, 0.2) is 11.5 Å². The summed E-state index contributed by atoms with van der Waals surface area (Å²) in [6, 6.07) is 17.9. The van der Waals surface area contributed by atoms with E-state index in [1.54, 1.807) is 31.2 Å². The van der Waals surface area contributed by atoms with Crippen LogP contribution in [0.15, 0.2) is 53.0 Å². The molecule has 28 heavy (non-hydrogen) atoms. The van der Waals surface area contributed by atoms with Crippen LogP contribution in [0.25, 0.3) is 0 Å². The zero-order chi connectivity index (χ0) is 20.3. The molecular weight excluding hydrogens is 422 g/mol. The summed E-state index contributed by atoms with van der Waals surface area (Å²) in [5.41, 5.74) is -0.337. The Morgan fingerprint density at radius 2 is 1.89 bits per heavy atom. The minimum absolute atomic E-state index is 0.0703. The highest BCUT2D eigenvalue weighted by Crippen LogP contribution is 2.45. The standard InChI is InChI=1S/C21H16BrN3O3/c1-2-28-20(27)18(11-23)21(13-24)17-6-4-3-5-16(17)19(26)25(21)12-14-7-9-15(22)10-8-14/h3-10,18H,2,12H2,1H3. The number of hydrogen-bond donors (Lipinski definition) is 0. The van der Waals surface area contributed by atoms with E-state index in [0.29, 0.717) is 11.1 Å². The third-order valence-corrected chi connectivity index (χ3v) is 5.26. The summed E-state index contributed by atoms with van der Waals surface area (Å²) in [6.45, 7) is 1.77.